The maximum Gasteiger partial charge on any atom is 0.230 e. The maximum atomic E-state index is 12.4. The fourth-order valence-electron chi connectivity index (χ4n) is 3.14. The van der Waals surface area contributed by atoms with E-state index in [1.807, 2.05) is 30.3 Å². The summed E-state index contributed by atoms with van der Waals surface area (Å²) in [6.45, 7) is 1.83. The Morgan fingerprint density at radius 3 is 3.04 bits per heavy atom. The molecule has 0 aliphatic carbocycles. The van der Waals surface area contributed by atoms with E-state index >= 15 is 0 Å². The minimum atomic E-state index is -0.0572. The van der Waals surface area contributed by atoms with Gasteiger partial charge in [-0.05, 0) is 41.8 Å². The Hall–Kier alpha value is -2.99. The molecule has 3 heterocycles. The van der Waals surface area contributed by atoms with E-state index in [9.17, 15) is 4.79 Å². The summed E-state index contributed by atoms with van der Waals surface area (Å²) in [6.07, 6.45) is 4.82. The second-order valence-electron chi connectivity index (χ2n) is 6.04. The quantitative estimate of drug-likeness (QED) is 0.767. The highest BCUT2D eigenvalue weighted by Gasteiger charge is 2.15. The van der Waals surface area contributed by atoms with E-state index in [0.717, 1.165) is 25.1 Å². The van der Waals surface area contributed by atoms with Gasteiger partial charge in [-0.1, -0.05) is 24.3 Å². The molecule has 0 atom stereocenters. The summed E-state index contributed by atoms with van der Waals surface area (Å²) in [4.78, 5) is 16.7. The van der Waals surface area contributed by atoms with Crippen LogP contribution < -0.4 is 10.6 Å². The van der Waals surface area contributed by atoms with Crippen molar-refractivity contribution in [2.75, 3.05) is 11.9 Å². The highest BCUT2D eigenvalue weighted by Crippen LogP contribution is 2.19. The zero-order chi connectivity index (χ0) is 17.1. The lowest BCUT2D eigenvalue weighted by molar-refractivity contribution is -0.115. The van der Waals surface area contributed by atoms with Crippen LogP contribution in [0.3, 0.4) is 0 Å². The molecular weight excluding hydrogens is 314 g/mol. The molecule has 0 saturated heterocycles. The number of carbonyl (C=O) groups is 1. The smallest absolute Gasteiger partial charge is 0.230 e. The number of benzene rings is 1. The summed E-state index contributed by atoms with van der Waals surface area (Å²) in [5.41, 5.74) is 3.69. The van der Waals surface area contributed by atoms with Gasteiger partial charge in [0.1, 0.15) is 0 Å². The van der Waals surface area contributed by atoms with Gasteiger partial charge >= 0.3 is 0 Å². The number of hydrogen-bond acceptors (Lipinski definition) is 4. The molecule has 1 aliphatic rings. The number of rotatable bonds is 4. The molecule has 4 rings (SSSR count). The molecule has 25 heavy (non-hydrogen) atoms. The van der Waals surface area contributed by atoms with Crippen LogP contribution in [0.15, 0.2) is 54.9 Å². The lowest BCUT2D eigenvalue weighted by atomic mass is 9.94. The molecule has 0 fully saturated rings. The standard InChI is InChI=1S/C19H19N5O/c25-19(12-14-4-3-5-15-13-20-10-7-16(14)15)22-17-8-11-24(23-17)18-6-1-2-9-21-18/h1-6,8-9,11,20H,7,10,12-13H2,(H,22,23,25). The fraction of sp³-hybridized carbons (Fsp3) is 0.211. The van der Waals surface area contributed by atoms with E-state index in [0.29, 0.717) is 18.1 Å². The Kier molecular flexibility index (Phi) is 4.26. The normalized spacial score (nSPS) is 13.3. The molecular formula is C19H19N5O. The number of nitrogens with zero attached hydrogens (tertiary/aromatic N) is 3. The first-order valence-corrected chi connectivity index (χ1v) is 8.37. The average molecular weight is 333 g/mol. The summed E-state index contributed by atoms with van der Waals surface area (Å²) in [7, 11) is 0. The van der Waals surface area contributed by atoms with Crippen LogP contribution in [0, 0.1) is 0 Å². The molecule has 1 amide bonds. The molecule has 0 saturated carbocycles. The van der Waals surface area contributed by atoms with Crippen LogP contribution >= 0.6 is 0 Å². The summed E-state index contributed by atoms with van der Waals surface area (Å²) < 4.78 is 1.64. The summed E-state index contributed by atoms with van der Waals surface area (Å²) >= 11 is 0. The number of anilines is 1. The van der Waals surface area contributed by atoms with Gasteiger partial charge in [0.05, 0.1) is 6.42 Å². The largest absolute Gasteiger partial charge is 0.312 e. The highest BCUT2D eigenvalue weighted by molar-refractivity contribution is 5.91. The lowest BCUT2D eigenvalue weighted by Crippen LogP contribution is -2.25. The van der Waals surface area contributed by atoms with E-state index in [4.69, 9.17) is 0 Å². The van der Waals surface area contributed by atoms with Crippen molar-refractivity contribution in [3.05, 3.63) is 71.5 Å². The summed E-state index contributed by atoms with van der Waals surface area (Å²) in [6, 6.07) is 13.6. The van der Waals surface area contributed by atoms with Crippen LogP contribution in [0.4, 0.5) is 5.82 Å². The first-order valence-electron chi connectivity index (χ1n) is 8.37. The predicted molar refractivity (Wildman–Crippen MR) is 95.5 cm³/mol. The third-order valence-corrected chi connectivity index (χ3v) is 4.33. The van der Waals surface area contributed by atoms with Gasteiger partial charge in [0.2, 0.25) is 5.91 Å². The van der Waals surface area contributed by atoms with Crippen LogP contribution in [0.2, 0.25) is 0 Å². The monoisotopic (exact) mass is 333 g/mol. The second kappa shape index (κ2) is 6.86. The van der Waals surface area contributed by atoms with E-state index in [-0.39, 0.29) is 5.91 Å². The Morgan fingerprint density at radius 2 is 2.16 bits per heavy atom. The van der Waals surface area contributed by atoms with Crippen molar-refractivity contribution >= 4 is 11.7 Å². The number of carbonyl (C=O) groups excluding carboxylic acids is 1. The fourth-order valence-corrected chi connectivity index (χ4v) is 3.14. The summed E-state index contributed by atoms with van der Waals surface area (Å²) in [5.74, 6) is 1.19. The van der Waals surface area contributed by atoms with Crippen molar-refractivity contribution in [1.29, 1.82) is 0 Å². The number of hydrogen-bond donors (Lipinski definition) is 2. The third-order valence-electron chi connectivity index (χ3n) is 4.33. The number of amides is 1. The Bertz CT molecular complexity index is 888. The first kappa shape index (κ1) is 15.5. The average Bonchev–Trinajstić information content (AvgIpc) is 3.11. The molecule has 0 radical (unpaired) electrons. The number of pyridine rings is 1. The first-order chi connectivity index (χ1) is 12.3. The SMILES string of the molecule is O=C(Cc1cccc2c1CCNC2)Nc1ccn(-c2ccccn2)n1. The van der Waals surface area contributed by atoms with Gasteiger partial charge < -0.3 is 10.6 Å². The lowest BCUT2D eigenvalue weighted by Gasteiger charge is -2.20. The molecule has 6 heteroatoms. The topological polar surface area (TPSA) is 71.8 Å². The third kappa shape index (κ3) is 3.44. The molecule has 2 N–H and O–H groups in total. The van der Waals surface area contributed by atoms with Crippen LogP contribution in [-0.2, 0) is 24.2 Å². The molecule has 1 aliphatic heterocycles. The van der Waals surface area contributed by atoms with Crippen LogP contribution in [-0.4, -0.2) is 27.2 Å². The van der Waals surface area contributed by atoms with Crippen molar-refractivity contribution in [3.8, 4) is 5.82 Å². The molecule has 126 valence electrons. The molecule has 2 aromatic heterocycles. The Balaban J connectivity index is 1.46. The second-order valence-corrected chi connectivity index (χ2v) is 6.04. The number of fused-ring (bicyclic) bond motifs is 1. The van der Waals surface area contributed by atoms with Gasteiger partial charge in [-0.3, -0.25) is 4.79 Å². The van der Waals surface area contributed by atoms with Gasteiger partial charge in [-0.25, -0.2) is 9.67 Å². The molecule has 6 nitrogen and oxygen atoms in total. The Morgan fingerprint density at radius 1 is 1.20 bits per heavy atom. The Labute approximate surface area is 145 Å². The van der Waals surface area contributed by atoms with Crippen molar-refractivity contribution in [2.24, 2.45) is 0 Å². The van der Waals surface area contributed by atoms with Gasteiger partial charge in [-0.15, -0.1) is 5.10 Å². The predicted octanol–water partition coefficient (Wildman–Crippen LogP) is 2.09. The zero-order valence-electron chi connectivity index (χ0n) is 13.8. The van der Waals surface area contributed by atoms with Crippen molar-refractivity contribution in [1.82, 2.24) is 20.1 Å². The molecule has 0 spiro atoms. The van der Waals surface area contributed by atoms with Crippen molar-refractivity contribution in [3.63, 3.8) is 0 Å². The minimum Gasteiger partial charge on any atom is -0.312 e. The van der Waals surface area contributed by atoms with Crippen molar-refractivity contribution < 1.29 is 4.79 Å². The molecule has 0 unspecified atom stereocenters. The van der Waals surface area contributed by atoms with E-state index in [1.54, 1.807) is 23.1 Å². The molecule has 1 aromatic carbocycles. The van der Waals surface area contributed by atoms with Crippen LogP contribution in [0.25, 0.3) is 5.82 Å². The number of aromatic nitrogens is 3. The zero-order valence-corrected chi connectivity index (χ0v) is 13.8. The van der Waals surface area contributed by atoms with E-state index in [2.05, 4.69) is 26.8 Å². The number of nitrogens with one attached hydrogen (secondary N) is 2. The molecule has 0 bridgehead atoms. The van der Waals surface area contributed by atoms with Crippen LogP contribution in [0.5, 0.6) is 0 Å². The van der Waals surface area contributed by atoms with E-state index in [1.165, 1.54) is 11.1 Å². The summed E-state index contributed by atoms with van der Waals surface area (Å²) in [5, 5.41) is 10.6. The van der Waals surface area contributed by atoms with E-state index < -0.39 is 0 Å². The van der Waals surface area contributed by atoms with Crippen LogP contribution in [0.1, 0.15) is 16.7 Å². The van der Waals surface area contributed by atoms with Gasteiger partial charge in [0, 0.05) is 25.0 Å². The van der Waals surface area contributed by atoms with Gasteiger partial charge in [-0.2, -0.15) is 0 Å². The van der Waals surface area contributed by atoms with Gasteiger partial charge in [0.25, 0.3) is 0 Å². The van der Waals surface area contributed by atoms with Crippen molar-refractivity contribution in [2.45, 2.75) is 19.4 Å². The molecule has 3 aromatic rings. The maximum absolute atomic E-state index is 12.4. The van der Waals surface area contributed by atoms with Gasteiger partial charge in [0.15, 0.2) is 11.6 Å². The highest BCUT2D eigenvalue weighted by atomic mass is 16.1. The minimum absolute atomic E-state index is 0.0572.